The minimum absolute atomic E-state index is 0.106. The van der Waals surface area contributed by atoms with E-state index >= 15 is 0 Å². The van der Waals surface area contributed by atoms with Gasteiger partial charge in [0.1, 0.15) is 0 Å². The highest BCUT2D eigenvalue weighted by atomic mass is 32.2. The molecule has 0 unspecified atom stereocenters. The normalized spacial score (nSPS) is 18.4. The first-order valence-electron chi connectivity index (χ1n) is 8.51. The van der Waals surface area contributed by atoms with Gasteiger partial charge in [0, 0.05) is 44.6 Å². The summed E-state index contributed by atoms with van der Waals surface area (Å²) in [4.78, 5) is 6.15. The minimum atomic E-state index is -4.49. The Morgan fingerprint density at radius 1 is 1.04 bits per heavy atom. The maximum Gasteiger partial charge on any atom is 0.416 e. The summed E-state index contributed by atoms with van der Waals surface area (Å²) < 4.78 is 64.7. The van der Waals surface area contributed by atoms with Crippen LogP contribution in [0.25, 0.3) is 0 Å². The Kier molecular flexibility index (Phi) is 5.55. The van der Waals surface area contributed by atoms with Crippen molar-refractivity contribution in [1.82, 2.24) is 14.2 Å². The van der Waals surface area contributed by atoms with Gasteiger partial charge in [-0.05, 0) is 42.8 Å². The molecule has 1 saturated heterocycles. The maximum atomic E-state index is 12.7. The Balaban J connectivity index is 1.68. The lowest BCUT2D eigenvalue weighted by Crippen LogP contribution is -2.49. The highest BCUT2D eigenvalue weighted by molar-refractivity contribution is 7.89. The molecule has 27 heavy (non-hydrogen) atoms. The predicted molar refractivity (Wildman–Crippen MR) is 94.4 cm³/mol. The van der Waals surface area contributed by atoms with E-state index in [1.54, 1.807) is 12.4 Å². The molecule has 1 aromatic carbocycles. The molecule has 0 radical (unpaired) electrons. The van der Waals surface area contributed by atoms with Crippen LogP contribution in [0.3, 0.4) is 0 Å². The second-order valence-electron chi connectivity index (χ2n) is 6.42. The first-order chi connectivity index (χ1) is 12.7. The molecule has 0 aliphatic carbocycles. The topological polar surface area (TPSA) is 53.5 Å². The number of pyridine rings is 1. The molecule has 3 rings (SSSR count). The van der Waals surface area contributed by atoms with Crippen LogP contribution in [0.2, 0.25) is 0 Å². The number of rotatable bonds is 4. The van der Waals surface area contributed by atoms with Crippen molar-refractivity contribution in [3.63, 3.8) is 0 Å². The Bertz CT molecular complexity index is 863. The fraction of sp³-hybridized carbons (Fsp3) is 0.389. The third-order valence-electron chi connectivity index (χ3n) is 4.81. The number of piperazine rings is 1. The second kappa shape index (κ2) is 7.57. The van der Waals surface area contributed by atoms with Gasteiger partial charge in [0.15, 0.2) is 0 Å². The lowest BCUT2D eigenvalue weighted by atomic mass is 10.1. The Morgan fingerprint density at radius 3 is 2.19 bits per heavy atom. The van der Waals surface area contributed by atoms with Crippen molar-refractivity contribution in [3.8, 4) is 0 Å². The Hall–Kier alpha value is -1.97. The van der Waals surface area contributed by atoms with Crippen LogP contribution in [-0.4, -0.2) is 48.8 Å². The third kappa shape index (κ3) is 4.31. The first kappa shape index (κ1) is 19.8. The molecule has 1 aromatic heterocycles. The van der Waals surface area contributed by atoms with Gasteiger partial charge >= 0.3 is 6.18 Å². The molecule has 9 heteroatoms. The summed E-state index contributed by atoms with van der Waals surface area (Å²) in [6.07, 6.45) is -1.00. The molecular formula is C18H20F3N3O2S. The van der Waals surface area contributed by atoms with E-state index in [4.69, 9.17) is 0 Å². The molecule has 1 aliphatic heterocycles. The van der Waals surface area contributed by atoms with E-state index in [0.29, 0.717) is 13.1 Å². The number of alkyl halides is 3. The highest BCUT2D eigenvalue weighted by Crippen LogP contribution is 2.30. The molecule has 1 atom stereocenters. The summed E-state index contributed by atoms with van der Waals surface area (Å²) in [5.74, 6) is 0. The van der Waals surface area contributed by atoms with E-state index in [9.17, 15) is 21.6 Å². The highest BCUT2D eigenvalue weighted by Gasteiger charge is 2.33. The molecule has 1 aliphatic rings. The predicted octanol–water partition coefficient (Wildman–Crippen LogP) is 3.17. The van der Waals surface area contributed by atoms with Gasteiger partial charge in [-0.1, -0.05) is 6.07 Å². The van der Waals surface area contributed by atoms with Gasteiger partial charge in [-0.2, -0.15) is 17.5 Å². The molecule has 2 aromatic rings. The van der Waals surface area contributed by atoms with Crippen LogP contribution in [0.4, 0.5) is 13.2 Å². The van der Waals surface area contributed by atoms with Crippen LogP contribution >= 0.6 is 0 Å². The van der Waals surface area contributed by atoms with E-state index in [0.717, 1.165) is 29.8 Å². The first-order valence-corrected chi connectivity index (χ1v) is 9.95. The Morgan fingerprint density at radius 2 is 1.67 bits per heavy atom. The van der Waals surface area contributed by atoms with E-state index in [2.05, 4.69) is 9.88 Å². The number of hydrogen-bond donors (Lipinski definition) is 0. The molecule has 2 heterocycles. The van der Waals surface area contributed by atoms with Gasteiger partial charge in [-0.3, -0.25) is 9.88 Å². The SMILES string of the molecule is C[C@@H](c1cccnc1)N1CCN(S(=O)(=O)c2ccc(C(F)(F)F)cc2)CC1. The van der Waals surface area contributed by atoms with Crippen LogP contribution in [0.5, 0.6) is 0 Å². The van der Waals surface area contributed by atoms with Crippen LogP contribution < -0.4 is 0 Å². The summed E-state index contributed by atoms with van der Waals surface area (Å²) in [6, 6.07) is 7.57. The number of hydrogen-bond acceptors (Lipinski definition) is 4. The van der Waals surface area contributed by atoms with Gasteiger partial charge < -0.3 is 0 Å². The van der Waals surface area contributed by atoms with Gasteiger partial charge in [0.2, 0.25) is 10.0 Å². The summed E-state index contributed by atoms with van der Waals surface area (Å²) >= 11 is 0. The third-order valence-corrected chi connectivity index (χ3v) is 6.72. The standard InChI is InChI=1S/C18H20F3N3O2S/c1-14(15-3-2-8-22-13-15)23-9-11-24(12-10-23)27(25,26)17-6-4-16(5-7-17)18(19,20)21/h2-8,13-14H,9-12H2,1H3/t14-/m0/s1. The summed E-state index contributed by atoms with van der Waals surface area (Å²) in [7, 11) is -3.81. The van der Waals surface area contributed by atoms with E-state index in [1.165, 1.54) is 4.31 Å². The zero-order valence-corrected chi connectivity index (χ0v) is 15.5. The van der Waals surface area contributed by atoms with Crippen molar-refractivity contribution in [2.45, 2.75) is 24.0 Å². The van der Waals surface area contributed by atoms with Gasteiger partial charge in [0.05, 0.1) is 10.5 Å². The fourth-order valence-corrected chi connectivity index (χ4v) is 4.55. The van der Waals surface area contributed by atoms with Gasteiger partial charge in [0.25, 0.3) is 0 Å². The zero-order chi connectivity index (χ0) is 19.7. The largest absolute Gasteiger partial charge is 0.416 e. The van der Waals surface area contributed by atoms with Crippen molar-refractivity contribution >= 4 is 10.0 Å². The van der Waals surface area contributed by atoms with Crippen LogP contribution in [-0.2, 0) is 16.2 Å². The average Bonchev–Trinajstić information content (AvgIpc) is 2.67. The minimum Gasteiger partial charge on any atom is -0.294 e. The monoisotopic (exact) mass is 399 g/mol. The molecular weight excluding hydrogens is 379 g/mol. The number of benzene rings is 1. The molecule has 146 valence electrons. The fourth-order valence-electron chi connectivity index (χ4n) is 3.13. The number of nitrogens with zero attached hydrogens (tertiary/aromatic N) is 3. The molecule has 0 saturated carbocycles. The van der Waals surface area contributed by atoms with Crippen LogP contribution in [0.1, 0.15) is 24.1 Å². The second-order valence-corrected chi connectivity index (χ2v) is 8.36. The number of sulfonamides is 1. The average molecular weight is 399 g/mol. The van der Waals surface area contributed by atoms with E-state index in [1.807, 2.05) is 19.1 Å². The molecule has 0 spiro atoms. The summed E-state index contributed by atoms with van der Waals surface area (Å²) in [5, 5.41) is 0. The molecule has 0 amide bonds. The lowest BCUT2D eigenvalue weighted by molar-refractivity contribution is -0.137. The summed E-state index contributed by atoms with van der Waals surface area (Å²) in [6.45, 7) is 3.69. The summed E-state index contributed by atoms with van der Waals surface area (Å²) in [5.41, 5.74) is 0.188. The number of aromatic nitrogens is 1. The van der Waals surface area contributed by atoms with Crippen molar-refractivity contribution in [2.24, 2.45) is 0 Å². The van der Waals surface area contributed by atoms with Crippen molar-refractivity contribution in [3.05, 3.63) is 59.9 Å². The van der Waals surface area contributed by atoms with Gasteiger partial charge in [-0.15, -0.1) is 0 Å². The Labute approximate surface area is 156 Å². The zero-order valence-electron chi connectivity index (χ0n) is 14.7. The molecule has 5 nitrogen and oxygen atoms in total. The molecule has 0 N–H and O–H groups in total. The lowest BCUT2D eigenvalue weighted by Gasteiger charge is -2.37. The molecule has 0 bridgehead atoms. The quantitative estimate of drug-likeness (QED) is 0.793. The van der Waals surface area contributed by atoms with Gasteiger partial charge in [-0.25, -0.2) is 8.42 Å². The number of halogens is 3. The van der Waals surface area contributed by atoms with Crippen molar-refractivity contribution < 1.29 is 21.6 Å². The van der Waals surface area contributed by atoms with Crippen LogP contribution in [0.15, 0.2) is 53.7 Å². The smallest absolute Gasteiger partial charge is 0.294 e. The van der Waals surface area contributed by atoms with Crippen LogP contribution in [0, 0.1) is 0 Å². The van der Waals surface area contributed by atoms with Crippen molar-refractivity contribution in [2.75, 3.05) is 26.2 Å². The van der Waals surface area contributed by atoms with E-state index < -0.39 is 21.8 Å². The molecule has 1 fully saturated rings. The maximum absolute atomic E-state index is 12.7. The van der Waals surface area contributed by atoms with Crippen molar-refractivity contribution in [1.29, 1.82) is 0 Å². The van der Waals surface area contributed by atoms with E-state index in [-0.39, 0.29) is 24.0 Å².